The summed E-state index contributed by atoms with van der Waals surface area (Å²) in [6.45, 7) is 1.61. The van der Waals surface area contributed by atoms with Crippen molar-refractivity contribution in [2.45, 2.75) is 26.5 Å². The molecule has 21 nitrogen and oxygen atoms in total. The van der Waals surface area contributed by atoms with Crippen molar-refractivity contribution in [3.63, 3.8) is 0 Å². The fourth-order valence-electron chi connectivity index (χ4n) is 7.05. The molecule has 0 aliphatic heterocycles. The van der Waals surface area contributed by atoms with E-state index >= 15 is 0 Å². The van der Waals surface area contributed by atoms with E-state index in [1.54, 1.807) is 61.5 Å². The predicted octanol–water partition coefficient (Wildman–Crippen LogP) is -2.42. The SMILES string of the molecule is CCOc1cc(N=Nc2ccc(N=Nc3cc(S(=O)(=O)[O-])ccc3S(=O)(=O)[O-])c3ccccc23)c2cc(S(=O)(=O)[O-])ccc2c1N=Nc1c(S(=O)(=O)O)cc2cc(Nc3ccccc3)ccc2c1[O-].[Na+].[Na+].[Na+].[Na+]. The summed E-state index contributed by atoms with van der Waals surface area (Å²) < 4.78 is 149. The van der Waals surface area contributed by atoms with Gasteiger partial charge in [0, 0.05) is 39.0 Å². The molecule has 0 fully saturated rings. The molecule has 8 rings (SSSR count). The molecule has 0 saturated heterocycles. The first-order valence-electron chi connectivity index (χ1n) is 19.7. The second-order valence-electron chi connectivity index (χ2n) is 14.6. The van der Waals surface area contributed by atoms with E-state index in [2.05, 4.69) is 36.0 Å². The molecule has 0 unspecified atom stereocenters. The van der Waals surface area contributed by atoms with E-state index in [0.29, 0.717) is 40.3 Å². The number of hydrogen-bond acceptors (Lipinski definition) is 20. The molecule has 8 aromatic rings. The van der Waals surface area contributed by atoms with Crippen molar-refractivity contribution in [2.75, 3.05) is 11.9 Å². The zero-order valence-corrected chi connectivity index (χ0v) is 50.2. The number of para-hydroxylation sites is 1. The first kappa shape index (κ1) is 61.9. The fourth-order valence-corrected chi connectivity index (χ4v) is 9.28. The van der Waals surface area contributed by atoms with E-state index in [1.165, 1.54) is 36.4 Å². The summed E-state index contributed by atoms with van der Waals surface area (Å²) in [5.74, 6) is -0.987. The summed E-state index contributed by atoms with van der Waals surface area (Å²) in [4.78, 5) is -3.35. The smallest absolute Gasteiger partial charge is 0.871 e. The van der Waals surface area contributed by atoms with E-state index in [9.17, 15) is 57.0 Å². The molecule has 2 N–H and O–H groups in total. The number of hydrogen-bond donors (Lipinski definition) is 2. The van der Waals surface area contributed by atoms with Crippen molar-refractivity contribution in [1.82, 2.24) is 0 Å². The van der Waals surface area contributed by atoms with Crippen LogP contribution in [0.5, 0.6) is 11.5 Å². The van der Waals surface area contributed by atoms with Gasteiger partial charge >= 0.3 is 118 Å². The number of rotatable bonds is 14. The maximum Gasteiger partial charge on any atom is 1.00 e. The van der Waals surface area contributed by atoms with Gasteiger partial charge in [-0.3, -0.25) is 4.55 Å². The van der Waals surface area contributed by atoms with Crippen LogP contribution in [-0.2, 0) is 40.5 Å². The number of azo groups is 3. The average Bonchev–Trinajstić information content (AvgIpc) is 3.29. The van der Waals surface area contributed by atoms with Crippen molar-refractivity contribution in [2.24, 2.45) is 30.7 Å². The zero-order chi connectivity index (χ0) is 49.5. The van der Waals surface area contributed by atoms with E-state index < -0.39 is 77.2 Å². The number of benzene rings is 8. The summed E-state index contributed by atoms with van der Waals surface area (Å²) in [5, 5.41) is 42.7. The van der Waals surface area contributed by atoms with Crippen LogP contribution in [0.25, 0.3) is 32.3 Å². The maximum atomic E-state index is 13.9. The molecule has 0 radical (unpaired) electrons. The third-order valence-corrected chi connectivity index (χ3v) is 13.5. The third kappa shape index (κ3) is 14.3. The van der Waals surface area contributed by atoms with Crippen LogP contribution >= 0.6 is 0 Å². The first-order valence-corrected chi connectivity index (χ1v) is 25.4. The molecular weight excluding hydrogens is 1070 g/mol. The van der Waals surface area contributed by atoms with Gasteiger partial charge < -0.3 is 28.8 Å². The Labute approximate surface area is 505 Å². The third-order valence-electron chi connectivity index (χ3n) is 10.1. The van der Waals surface area contributed by atoms with Crippen LogP contribution in [0.2, 0.25) is 0 Å². The van der Waals surface area contributed by atoms with E-state index in [-0.39, 0.29) is 175 Å². The van der Waals surface area contributed by atoms with E-state index in [1.807, 2.05) is 6.07 Å². The Balaban J connectivity index is 0.00000289. The van der Waals surface area contributed by atoms with Crippen LogP contribution in [0.15, 0.2) is 184 Å². The van der Waals surface area contributed by atoms with Gasteiger partial charge in [-0.05, 0) is 90.5 Å². The van der Waals surface area contributed by atoms with Crippen molar-refractivity contribution >= 4 is 118 Å². The largest absolute Gasteiger partial charge is 1.00 e. The van der Waals surface area contributed by atoms with Crippen LogP contribution in [-0.4, -0.2) is 58.5 Å². The summed E-state index contributed by atoms with van der Waals surface area (Å²) in [6.07, 6.45) is 0. The molecule has 8 aromatic carbocycles. The van der Waals surface area contributed by atoms with Crippen LogP contribution < -0.4 is 133 Å². The normalized spacial score (nSPS) is 12.1. The van der Waals surface area contributed by atoms with Crippen LogP contribution in [0.4, 0.5) is 45.5 Å². The quantitative estimate of drug-likeness (QED) is 0.0651. The van der Waals surface area contributed by atoms with E-state index in [0.717, 1.165) is 18.2 Å². The van der Waals surface area contributed by atoms with Gasteiger partial charge in [0.1, 0.15) is 52.4 Å². The van der Waals surface area contributed by atoms with Gasteiger partial charge in [0.05, 0.1) is 44.0 Å². The van der Waals surface area contributed by atoms with Gasteiger partial charge in [-0.2, -0.15) is 8.42 Å². The molecule has 0 aromatic heterocycles. The van der Waals surface area contributed by atoms with Crippen molar-refractivity contribution in [3.8, 4) is 11.5 Å². The van der Waals surface area contributed by atoms with Crippen molar-refractivity contribution in [1.29, 1.82) is 0 Å². The molecule has 73 heavy (non-hydrogen) atoms. The fraction of sp³-hybridized carbons (Fsp3) is 0.0455. The molecule has 0 aliphatic rings. The Hall–Kier alpha value is -3.62. The molecule has 0 saturated carbocycles. The summed E-state index contributed by atoms with van der Waals surface area (Å²) in [6, 6.07) is 30.1. The zero-order valence-electron chi connectivity index (χ0n) is 39.0. The van der Waals surface area contributed by atoms with Gasteiger partial charge in [-0.1, -0.05) is 60.3 Å². The van der Waals surface area contributed by atoms with Crippen molar-refractivity contribution < 1.29 is 180 Å². The molecule has 352 valence electrons. The number of anilines is 2. The summed E-state index contributed by atoms with van der Waals surface area (Å²) in [7, 11) is -20.5. The Kier molecular flexibility index (Phi) is 21.2. The predicted molar refractivity (Wildman–Crippen MR) is 245 cm³/mol. The second kappa shape index (κ2) is 25.0. The standard InChI is InChI=1S/C44H33N7O14S4.4Na/c1-2-65-39-24-37(48-46-35-17-18-36(32-11-7-6-10-31(32)35)47-49-38-23-29(67(56,57)58)14-19-40(38)68(59,60)61)34-22-28(66(53,54)55)13-16-33(34)42(39)50-51-43-41(69(62,63)64)21-25-20-27(12-15-30(25)44(43)52)45-26-8-4-3-5-9-26;;;;/h3-24,45,52H,2H2,1H3,(H,53,54,55)(H,56,57,58)(H,59,60,61)(H,62,63,64);;;;/q;4*+1/p-4. The first-order chi connectivity index (χ1) is 32.6. The molecule has 0 spiro atoms. The van der Waals surface area contributed by atoms with Gasteiger partial charge in [0.25, 0.3) is 10.1 Å². The van der Waals surface area contributed by atoms with Crippen LogP contribution in [0.3, 0.4) is 0 Å². The topological polar surface area (TPSA) is 344 Å². The molecule has 0 bridgehead atoms. The van der Waals surface area contributed by atoms with Gasteiger partial charge in [-0.25, -0.2) is 25.3 Å². The molecular formula is C44H29N7Na4O14S4. The monoisotopic (exact) mass is 1100 g/mol. The maximum absolute atomic E-state index is 13.9. The van der Waals surface area contributed by atoms with Crippen molar-refractivity contribution in [3.05, 3.63) is 133 Å². The average molecular weight is 1100 g/mol. The minimum Gasteiger partial charge on any atom is -0.871 e. The Morgan fingerprint density at radius 3 is 1.59 bits per heavy atom. The molecule has 0 heterocycles. The molecule has 0 aliphatic carbocycles. The summed E-state index contributed by atoms with van der Waals surface area (Å²) in [5.41, 5.74) is -0.303. The Morgan fingerprint density at radius 2 is 1.01 bits per heavy atom. The van der Waals surface area contributed by atoms with E-state index in [4.69, 9.17) is 4.74 Å². The van der Waals surface area contributed by atoms with Crippen LogP contribution in [0, 0.1) is 0 Å². The van der Waals surface area contributed by atoms with Gasteiger partial charge in [-0.15, -0.1) is 30.7 Å². The number of nitrogens with one attached hydrogen (secondary N) is 1. The Bertz CT molecular complexity index is 3990. The Morgan fingerprint density at radius 1 is 0.479 bits per heavy atom. The minimum atomic E-state index is -5.21. The molecule has 0 amide bonds. The number of nitrogens with zero attached hydrogens (tertiary/aromatic N) is 6. The second-order valence-corrected chi connectivity index (χ2v) is 20.1. The van der Waals surface area contributed by atoms with Gasteiger partial charge in [0.2, 0.25) is 0 Å². The molecule has 29 heteroatoms. The number of fused-ring (bicyclic) bond motifs is 3. The summed E-state index contributed by atoms with van der Waals surface area (Å²) >= 11 is 0. The molecule has 0 atom stereocenters. The number of ether oxygens (including phenoxy) is 1. The van der Waals surface area contributed by atoms with Gasteiger partial charge in [0.15, 0.2) is 0 Å². The van der Waals surface area contributed by atoms with Crippen LogP contribution in [0.1, 0.15) is 6.92 Å². The minimum absolute atomic E-state index is 0.